The lowest BCUT2D eigenvalue weighted by Crippen LogP contribution is -2.25. The van der Waals surface area contributed by atoms with Gasteiger partial charge in [0.1, 0.15) is 11.3 Å². The Balaban J connectivity index is 1.91. The van der Waals surface area contributed by atoms with Crippen LogP contribution in [-0.4, -0.2) is 30.9 Å². The van der Waals surface area contributed by atoms with Gasteiger partial charge in [0.2, 0.25) is 0 Å². The van der Waals surface area contributed by atoms with Crippen molar-refractivity contribution in [2.75, 3.05) is 17.6 Å². The number of rotatable bonds is 3. The standard InChI is InChI=1S/C14H14F2N2O2S/c15-9-6-11-13(3-4-17-14(11)12(16)7-9)18-8-10-2-1-5-21(10,19)20/h3-4,6-7,10H,1-2,5,8H2,(H,17,18). The van der Waals surface area contributed by atoms with Crippen LogP contribution < -0.4 is 5.32 Å². The van der Waals surface area contributed by atoms with Gasteiger partial charge in [0.05, 0.1) is 11.0 Å². The van der Waals surface area contributed by atoms with Crippen LogP contribution in [0.2, 0.25) is 0 Å². The predicted octanol–water partition coefficient (Wildman–Crippen LogP) is 2.50. The zero-order chi connectivity index (χ0) is 15.0. The Kier molecular flexibility index (Phi) is 3.52. The van der Waals surface area contributed by atoms with E-state index in [0.29, 0.717) is 23.9 Å². The van der Waals surface area contributed by atoms with E-state index in [-0.39, 0.29) is 17.8 Å². The first-order valence-corrected chi connectivity index (χ1v) is 8.38. The summed E-state index contributed by atoms with van der Waals surface area (Å²) in [5.41, 5.74) is 0.552. The number of hydrogen-bond acceptors (Lipinski definition) is 4. The molecule has 21 heavy (non-hydrogen) atoms. The maximum atomic E-state index is 13.7. The van der Waals surface area contributed by atoms with Gasteiger partial charge in [-0.1, -0.05) is 0 Å². The van der Waals surface area contributed by atoms with Crippen molar-refractivity contribution in [2.24, 2.45) is 0 Å². The second-order valence-corrected chi connectivity index (χ2v) is 7.56. The molecule has 0 amide bonds. The third-order valence-corrected chi connectivity index (χ3v) is 6.02. The van der Waals surface area contributed by atoms with Crippen LogP contribution in [0.5, 0.6) is 0 Å². The van der Waals surface area contributed by atoms with Crippen molar-refractivity contribution in [3.63, 3.8) is 0 Å². The zero-order valence-electron chi connectivity index (χ0n) is 11.1. The number of pyridine rings is 1. The summed E-state index contributed by atoms with van der Waals surface area (Å²) in [6.45, 7) is 0.236. The average Bonchev–Trinajstić information content (AvgIpc) is 2.75. The molecule has 1 aliphatic rings. The van der Waals surface area contributed by atoms with Gasteiger partial charge in [0.25, 0.3) is 0 Å². The van der Waals surface area contributed by atoms with E-state index >= 15 is 0 Å². The minimum atomic E-state index is -3.05. The molecule has 2 heterocycles. The molecule has 1 unspecified atom stereocenters. The highest BCUT2D eigenvalue weighted by atomic mass is 32.2. The fraction of sp³-hybridized carbons (Fsp3) is 0.357. The number of nitrogens with zero attached hydrogens (tertiary/aromatic N) is 1. The lowest BCUT2D eigenvalue weighted by atomic mass is 10.1. The normalized spacial score (nSPS) is 20.8. The summed E-state index contributed by atoms with van der Waals surface area (Å²) in [6.07, 6.45) is 2.69. The Morgan fingerprint density at radius 3 is 2.86 bits per heavy atom. The molecule has 1 aliphatic heterocycles. The molecule has 1 aromatic carbocycles. The summed E-state index contributed by atoms with van der Waals surface area (Å²) in [6, 6.07) is 3.56. The second-order valence-electron chi connectivity index (χ2n) is 5.15. The van der Waals surface area contributed by atoms with E-state index in [1.54, 1.807) is 6.07 Å². The summed E-state index contributed by atoms with van der Waals surface area (Å²) in [7, 11) is -3.05. The molecule has 0 spiro atoms. The van der Waals surface area contributed by atoms with Crippen LogP contribution in [0.4, 0.5) is 14.5 Å². The van der Waals surface area contributed by atoms with Crippen molar-refractivity contribution >= 4 is 26.4 Å². The highest BCUT2D eigenvalue weighted by Gasteiger charge is 2.30. The third kappa shape index (κ3) is 2.70. The number of hydrogen-bond donors (Lipinski definition) is 1. The first kappa shape index (κ1) is 14.2. The fourth-order valence-corrected chi connectivity index (χ4v) is 4.41. The monoisotopic (exact) mass is 312 g/mol. The van der Waals surface area contributed by atoms with Crippen molar-refractivity contribution in [3.05, 3.63) is 36.0 Å². The van der Waals surface area contributed by atoms with Crippen LogP contribution in [0.25, 0.3) is 10.9 Å². The first-order valence-electron chi connectivity index (χ1n) is 6.66. The molecule has 0 bridgehead atoms. The summed E-state index contributed by atoms with van der Waals surface area (Å²) in [4.78, 5) is 3.89. The Morgan fingerprint density at radius 1 is 1.33 bits per heavy atom. The molecule has 0 saturated carbocycles. The Bertz CT molecular complexity index is 793. The van der Waals surface area contributed by atoms with E-state index in [2.05, 4.69) is 10.3 Å². The van der Waals surface area contributed by atoms with Crippen molar-refractivity contribution in [1.29, 1.82) is 0 Å². The van der Waals surface area contributed by atoms with Crippen LogP contribution in [0.15, 0.2) is 24.4 Å². The predicted molar refractivity (Wildman–Crippen MR) is 77.0 cm³/mol. The number of anilines is 1. The van der Waals surface area contributed by atoms with Gasteiger partial charge in [-0.05, 0) is 25.0 Å². The number of benzene rings is 1. The number of nitrogens with one attached hydrogen (secondary N) is 1. The number of aromatic nitrogens is 1. The maximum absolute atomic E-state index is 13.7. The Labute approximate surface area is 121 Å². The molecule has 3 rings (SSSR count). The van der Waals surface area contributed by atoms with Gasteiger partial charge >= 0.3 is 0 Å². The molecule has 1 aromatic heterocycles. The lowest BCUT2D eigenvalue weighted by molar-refractivity contribution is 0.589. The van der Waals surface area contributed by atoms with E-state index in [1.165, 1.54) is 12.3 Å². The topological polar surface area (TPSA) is 59.1 Å². The molecule has 1 fully saturated rings. The van der Waals surface area contributed by atoms with Gasteiger partial charge in [0, 0.05) is 29.9 Å². The molecule has 112 valence electrons. The molecular weight excluding hydrogens is 298 g/mol. The van der Waals surface area contributed by atoms with E-state index in [9.17, 15) is 17.2 Å². The number of fused-ring (bicyclic) bond motifs is 1. The Morgan fingerprint density at radius 2 is 2.14 bits per heavy atom. The lowest BCUT2D eigenvalue weighted by Gasteiger charge is -2.13. The molecule has 0 aliphatic carbocycles. The van der Waals surface area contributed by atoms with Gasteiger partial charge in [-0.3, -0.25) is 4.98 Å². The highest BCUT2D eigenvalue weighted by molar-refractivity contribution is 7.92. The van der Waals surface area contributed by atoms with Crippen LogP contribution in [0, 0.1) is 11.6 Å². The summed E-state index contributed by atoms with van der Waals surface area (Å²) in [5, 5.41) is 2.85. The first-order chi connectivity index (χ1) is 9.97. The molecule has 1 saturated heterocycles. The van der Waals surface area contributed by atoms with Crippen molar-refractivity contribution in [2.45, 2.75) is 18.1 Å². The van der Waals surface area contributed by atoms with Crippen LogP contribution in [0.1, 0.15) is 12.8 Å². The molecule has 1 N–H and O–H groups in total. The Hall–Kier alpha value is -1.76. The molecule has 0 radical (unpaired) electrons. The summed E-state index contributed by atoms with van der Waals surface area (Å²) >= 11 is 0. The maximum Gasteiger partial charge on any atom is 0.154 e. The SMILES string of the molecule is O=S1(=O)CCCC1CNc1ccnc2c(F)cc(F)cc12. The average molecular weight is 312 g/mol. The minimum absolute atomic E-state index is 0.0654. The van der Waals surface area contributed by atoms with Crippen molar-refractivity contribution in [1.82, 2.24) is 4.98 Å². The van der Waals surface area contributed by atoms with Gasteiger partial charge < -0.3 is 5.32 Å². The quantitative estimate of drug-likeness (QED) is 0.946. The molecular formula is C14H14F2N2O2S. The third-order valence-electron chi connectivity index (χ3n) is 3.75. The van der Waals surface area contributed by atoms with Gasteiger partial charge in [-0.25, -0.2) is 17.2 Å². The van der Waals surface area contributed by atoms with Crippen molar-refractivity contribution < 1.29 is 17.2 Å². The second kappa shape index (κ2) is 5.22. The van der Waals surface area contributed by atoms with Crippen LogP contribution >= 0.6 is 0 Å². The minimum Gasteiger partial charge on any atom is -0.383 e. The van der Waals surface area contributed by atoms with Crippen LogP contribution in [-0.2, 0) is 9.84 Å². The van der Waals surface area contributed by atoms with Gasteiger partial charge in [-0.2, -0.15) is 0 Å². The fourth-order valence-electron chi connectivity index (χ4n) is 2.64. The van der Waals surface area contributed by atoms with Gasteiger partial charge in [0.15, 0.2) is 15.7 Å². The highest BCUT2D eigenvalue weighted by Crippen LogP contribution is 2.26. The van der Waals surface area contributed by atoms with Crippen LogP contribution in [0.3, 0.4) is 0 Å². The van der Waals surface area contributed by atoms with E-state index in [0.717, 1.165) is 6.07 Å². The molecule has 2 aromatic rings. The molecule has 7 heteroatoms. The molecule has 1 atom stereocenters. The smallest absolute Gasteiger partial charge is 0.154 e. The number of sulfone groups is 1. The largest absolute Gasteiger partial charge is 0.383 e. The van der Waals surface area contributed by atoms with E-state index in [1.807, 2.05) is 0 Å². The number of halogens is 2. The van der Waals surface area contributed by atoms with E-state index < -0.39 is 26.7 Å². The summed E-state index contributed by atoms with van der Waals surface area (Å²) < 4.78 is 50.6. The summed E-state index contributed by atoms with van der Waals surface area (Å²) in [5.74, 6) is -1.22. The zero-order valence-corrected chi connectivity index (χ0v) is 12.0. The van der Waals surface area contributed by atoms with Gasteiger partial charge in [-0.15, -0.1) is 0 Å². The molecule has 4 nitrogen and oxygen atoms in total. The van der Waals surface area contributed by atoms with E-state index in [4.69, 9.17) is 0 Å². The van der Waals surface area contributed by atoms with Crippen molar-refractivity contribution in [3.8, 4) is 0 Å².